The largest absolute Gasteiger partial charge is 0.438 e. The van der Waals surface area contributed by atoms with Crippen LogP contribution in [0.3, 0.4) is 0 Å². The quantitative estimate of drug-likeness (QED) is 0.0809. The van der Waals surface area contributed by atoms with Crippen molar-refractivity contribution in [2.45, 2.75) is 54.4 Å². The van der Waals surface area contributed by atoms with E-state index in [1.807, 2.05) is 213 Å². The second kappa shape index (κ2) is 30.6. The first kappa shape index (κ1) is 76.3. The number of rotatable bonds is 8. The Morgan fingerprint density at radius 1 is 0.308 bits per heavy atom. The van der Waals surface area contributed by atoms with Crippen LogP contribution in [0.4, 0.5) is 22.0 Å². The van der Waals surface area contributed by atoms with Crippen molar-refractivity contribution >= 4 is 110 Å². The van der Waals surface area contributed by atoms with E-state index in [4.69, 9.17) is 22.1 Å². The summed E-state index contributed by atoms with van der Waals surface area (Å²) in [6, 6.07) is 60.1. The van der Waals surface area contributed by atoms with E-state index in [1.54, 1.807) is 30.3 Å². The molecule has 15 heterocycles. The molecule has 594 valence electrons. The maximum atomic E-state index is 13.7. The minimum atomic E-state index is -0.543. The molecule has 0 radical (unpaired) electrons. The molecule has 7 aromatic carbocycles. The van der Waals surface area contributed by atoms with Crippen molar-refractivity contribution in [3.05, 3.63) is 319 Å². The van der Waals surface area contributed by atoms with Crippen molar-refractivity contribution in [1.29, 1.82) is 0 Å². The summed E-state index contributed by atoms with van der Waals surface area (Å²) in [6.45, 7) is 14.6. The maximum Gasteiger partial charge on any atom is 0.297 e. The van der Waals surface area contributed by atoms with Gasteiger partial charge in [-0.25, -0.2) is 9.13 Å². The van der Waals surface area contributed by atoms with E-state index >= 15 is 0 Å². The Hall–Kier alpha value is -15.0. The third-order valence-corrected chi connectivity index (χ3v) is 21.9. The SMILES string of the molecule is Cc1cc2c(cc1-n1ccc[n+]1C)oc1nc(F)ccc12.Cc1cc2oc3nc(F)ccc3c2cc1-n1ccc[n+]1C.Cc1ccc2c(oc3nc(F)ccc32)c1-c1n(-c2ccccc2)cc[n+]1C.Cc1ccc2c(oc3nc(F)ccc32)c1-c1n(-c2ccccc2C(C)C)cc[n+]1C.Cc1ccc2c(oc3nc(F)ccc32)c1-n1ccc[n+]1C. The summed E-state index contributed by atoms with van der Waals surface area (Å²) in [5, 5.41) is 8.79. The number of imidazole rings is 2. The number of aromatic nitrogens is 15. The molecule has 0 amide bonds. The van der Waals surface area contributed by atoms with E-state index in [0.29, 0.717) is 40.1 Å². The molecule has 22 aromatic rings. The molecule has 25 heteroatoms. The Kier molecular flexibility index (Phi) is 19.4. The second-order valence-electron chi connectivity index (χ2n) is 30.1. The van der Waals surface area contributed by atoms with Gasteiger partial charge >= 0.3 is 0 Å². The molecule has 0 aliphatic carbocycles. The molecular weight excluding hydrogens is 1530 g/mol. The standard InChI is InChI=1S/C25H23FN3O.C22H17FN3O.3C16H13FN3O/c1-15(2)17-7-5-6-8-20(17)29-14-13-28(4)25(29)22-16(3)9-10-18-19-11-12-21(26)27-24(19)30-23(18)22;1-14-8-9-16-17-10-11-18(23)24-21(17)27-20(16)19(14)22-25(2)12-13-26(22)15-6-4-3-5-7-15;1-10-4-5-11-12-6-7-13(17)18-16(12)21-15(11)14(10)20-9-3-8-19(20)2;1-10-8-14-12(9-13(10)20-7-3-6-19(20)2)11-4-5-15(17)18-16(11)21-14;1-10-8-12-11-4-5-15(17)18-16(11)21-14(12)9-13(10)20-7-3-6-19(20)2/h5-15H,1-4H3;3-13H,1-2H3;3*3-9H,1-2H3/q5*+1. The number of pyridine rings is 5. The molecular formula is C95H79F5N15O5+5. The van der Waals surface area contributed by atoms with Gasteiger partial charge in [-0.15, -0.1) is 28.1 Å². The number of hydrogen-bond acceptors (Lipinski definition) is 10. The lowest BCUT2D eigenvalue weighted by molar-refractivity contribution is -0.744. The molecule has 15 aromatic heterocycles. The average molecular weight is 1610 g/mol. The minimum Gasteiger partial charge on any atom is -0.438 e. The average Bonchev–Trinajstić information content (AvgIpc) is 1.50. The van der Waals surface area contributed by atoms with Gasteiger partial charge in [-0.05, 0) is 171 Å². The van der Waals surface area contributed by atoms with Gasteiger partial charge < -0.3 is 22.1 Å². The summed E-state index contributed by atoms with van der Waals surface area (Å²) in [5.41, 5.74) is 19.1. The minimum absolute atomic E-state index is 0.317. The van der Waals surface area contributed by atoms with Crippen LogP contribution in [-0.2, 0) is 35.2 Å². The van der Waals surface area contributed by atoms with Gasteiger partial charge in [0.15, 0.2) is 62.2 Å². The van der Waals surface area contributed by atoms with Gasteiger partial charge in [-0.2, -0.15) is 56.0 Å². The molecule has 0 N–H and O–H groups in total. The molecule has 0 saturated heterocycles. The van der Waals surface area contributed by atoms with Crippen LogP contribution in [0.2, 0.25) is 0 Å². The van der Waals surface area contributed by atoms with Crippen LogP contribution in [0, 0.1) is 64.4 Å². The summed E-state index contributed by atoms with van der Waals surface area (Å²) in [5.74, 6) is -0.304. The van der Waals surface area contributed by atoms with Crippen LogP contribution >= 0.6 is 0 Å². The lowest BCUT2D eigenvalue weighted by Gasteiger charge is -2.12. The fourth-order valence-corrected chi connectivity index (χ4v) is 16.0. The Morgan fingerprint density at radius 2 is 0.683 bits per heavy atom. The van der Waals surface area contributed by atoms with Crippen molar-refractivity contribution in [2.24, 2.45) is 35.2 Å². The van der Waals surface area contributed by atoms with Crippen molar-refractivity contribution in [3.63, 3.8) is 0 Å². The number of aryl methyl sites for hydroxylation is 10. The first-order chi connectivity index (χ1) is 58.0. The van der Waals surface area contributed by atoms with Gasteiger partial charge in [-0.3, -0.25) is 0 Å². The number of halogens is 5. The smallest absolute Gasteiger partial charge is 0.297 e. The van der Waals surface area contributed by atoms with Crippen LogP contribution in [-0.4, -0.2) is 48.1 Å². The van der Waals surface area contributed by atoms with E-state index < -0.39 is 29.7 Å². The molecule has 120 heavy (non-hydrogen) atoms. The Labute approximate surface area is 682 Å². The van der Waals surface area contributed by atoms with E-state index in [9.17, 15) is 22.0 Å². The van der Waals surface area contributed by atoms with Crippen LogP contribution in [0.5, 0.6) is 0 Å². The van der Waals surface area contributed by atoms with Gasteiger partial charge in [0, 0.05) is 83.7 Å². The monoisotopic (exact) mass is 1600 g/mol. The Balaban J connectivity index is 0.000000104. The topological polar surface area (TPSA) is 174 Å². The highest BCUT2D eigenvalue weighted by Crippen LogP contribution is 2.42. The molecule has 0 unspecified atom stereocenters. The van der Waals surface area contributed by atoms with Crippen molar-refractivity contribution in [1.82, 2.24) is 48.1 Å². The fraction of sp³-hybridized carbons (Fsp3) is 0.137. The van der Waals surface area contributed by atoms with Crippen molar-refractivity contribution in [3.8, 4) is 51.2 Å². The molecule has 0 aliphatic rings. The van der Waals surface area contributed by atoms with Gasteiger partial charge in [0.2, 0.25) is 58.3 Å². The molecule has 20 nitrogen and oxygen atoms in total. The number of fused-ring (bicyclic) bond motifs is 15. The number of hydrogen-bond donors (Lipinski definition) is 0. The maximum absolute atomic E-state index is 13.7. The van der Waals surface area contributed by atoms with E-state index in [0.717, 1.165) is 155 Å². The second-order valence-corrected chi connectivity index (χ2v) is 30.1. The number of benzene rings is 7. The van der Waals surface area contributed by atoms with Gasteiger partial charge in [-0.1, -0.05) is 80.6 Å². The van der Waals surface area contributed by atoms with Crippen molar-refractivity contribution in [2.75, 3.05) is 0 Å². The number of nitrogens with zero attached hydrogens (tertiary/aromatic N) is 15. The fourth-order valence-electron chi connectivity index (χ4n) is 16.0. The number of furan rings is 5. The number of para-hydroxylation sites is 2. The highest BCUT2D eigenvalue weighted by molar-refractivity contribution is 6.11. The van der Waals surface area contributed by atoms with Crippen molar-refractivity contribution < 1.29 is 67.2 Å². The Morgan fingerprint density at radius 3 is 1.16 bits per heavy atom. The molecule has 0 spiro atoms. The van der Waals surface area contributed by atoms with Crippen LogP contribution < -0.4 is 23.2 Å². The molecule has 22 rings (SSSR count). The predicted octanol–water partition coefficient (Wildman–Crippen LogP) is 19.7. The zero-order chi connectivity index (χ0) is 83.2. The first-order valence-corrected chi connectivity index (χ1v) is 38.8. The molecule has 0 aliphatic heterocycles. The molecule has 0 bridgehead atoms. The molecule has 0 atom stereocenters. The van der Waals surface area contributed by atoms with E-state index in [2.05, 4.69) is 138 Å². The third-order valence-electron chi connectivity index (χ3n) is 21.9. The van der Waals surface area contributed by atoms with Gasteiger partial charge in [0.25, 0.3) is 11.6 Å². The summed E-state index contributed by atoms with van der Waals surface area (Å²) in [7, 11) is 9.95. The van der Waals surface area contributed by atoms with Gasteiger partial charge in [0.1, 0.15) is 69.8 Å². The van der Waals surface area contributed by atoms with Gasteiger partial charge in [0.05, 0.1) is 32.7 Å². The highest BCUT2D eigenvalue weighted by atomic mass is 19.1. The van der Waals surface area contributed by atoms with Crippen LogP contribution in [0.15, 0.2) is 278 Å². The summed E-state index contributed by atoms with van der Waals surface area (Å²) in [6.07, 6.45) is 20.0. The summed E-state index contributed by atoms with van der Waals surface area (Å²) < 4.78 is 117. The zero-order valence-electron chi connectivity index (χ0n) is 67.5. The molecule has 0 fully saturated rings. The summed E-state index contributed by atoms with van der Waals surface area (Å²) in [4.78, 5) is 19.3. The first-order valence-electron chi connectivity index (χ1n) is 38.8. The zero-order valence-corrected chi connectivity index (χ0v) is 67.5. The van der Waals surface area contributed by atoms with E-state index in [1.165, 1.54) is 35.9 Å². The molecule has 0 saturated carbocycles. The Bertz CT molecular complexity index is 7740. The lowest BCUT2D eigenvalue weighted by Crippen LogP contribution is -2.37. The highest BCUT2D eigenvalue weighted by Gasteiger charge is 2.31. The van der Waals surface area contributed by atoms with Crippen LogP contribution in [0.25, 0.3) is 162 Å². The lowest BCUT2D eigenvalue weighted by atomic mass is 10.00. The predicted molar refractivity (Wildman–Crippen MR) is 449 cm³/mol. The van der Waals surface area contributed by atoms with E-state index in [-0.39, 0.29) is 0 Å². The third kappa shape index (κ3) is 13.7. The van der Waals surface area contributed by atoms with Crippen LogP contribution in [0.1, 0.15) is 53.1 Å². The normalized spacial score (nSPS) is 11.6. The summed E-state index contributed by atoms with van der Waals surface area (Å²) >= 11 is 0.